The molecule has 0 aliphatic heterocycles. The Morgan fingerprint density at radius 2 is 1.89 bits per heavy atom. The predicted molar refractivity (Wildman–Crippen MR) is 73.3 cm³/mol. The average molecular weight is 257 g/mol. The number of benzene rings is 2. The molecule has 0 amide bonds. The molecule has 90 valence electrons. The molecule has 2 aromatic carbocycles. The first-order chi connectivity index (χ1) is 8.83. The van der Waals surface area contributed by atoms with Crippen LogP contribution < -0.4 is 0 Å². The van der Waals surface area contributed by atoms with Gasteiger partial charge < -0.3 is 0 Å². The van der Waals surface area contributed by atoms with Crippen molar-refractivity contribution in [3.05, 3.63) is 64.6 Å². The Labute approximate surface area is 109 Å². The van der Waals surface area contributed by atoms with Crippen molar-refractivity contribution in [2.24, 2.45) is 5.18 Å². The van der Waals surface area contributed by atoms with Gasteiger partial charge in [0.1, 0.15) is 5.69 Å². The monoisotopic (exact) mass is 257 g/mol. The lowest BCUT2D eigenvalue weighted by Gasteiger charge is -2.03. The molecule has 0 fully saturated rings. The second-order valence-corrected chi connectivity index (χ2v) is 4.75. The third kappa shape index (κ3) is 3.05. The van der Waals surface area contributed by atoms with Crippen molar-refractivity contribution in [2.75, 3.05) is 0 Å². The molecule has 0 saturated carbocycles. The van der Waals surface area contributed by atoms with Crippen molar-refractivity contribution in [2.45, 2.75) is 10.6 Å². The number of carbonyl (C=O) groups is 1. The van der Waals surface area contributed by atoms with E-state index in [9.17, 15) is 9.70 Å². The Kier molecular flexibility index (Phi) is 4.25. The van der Waals surface area contributed by atoms with E-state index in [0.717, 1.165) is 16.2 Å². The maximum Gasteiger partial charge on any atom is 0.152 e. The quantitative estimate of drug-likeness (QED) is 0.458. The molecule has 0 unspecified atom stereocenters. The van der Waals surface area contributed by atoms with Crippen molar-refractivity contribution in [1.29, 1.82) is 0 Å². The van der Waals surface area contributed by atoms with Crippen LogP contribution in [-0.2, 0) is 5.75 Å². The summed E-state index contributed by atoms with van der Waals surface area (Å²) < 4.78 is 0. The number of hydrogen-bond acceptors (Lipinski definition) is 4. The first-order valence-electron chi connectivity index (χ1n) is 5.43. The lowest BCUT2D eigenvalue weighted by Crippen LogP contribution is -1.85. The third-order valence-corrected chi connectivity index (χ3v) is 3.55. The van der Waals surface area contributed by atoms with E-state index in [1.807, 2.05) is 36.4 Å². The molecule has 0 aromatic heterocycles. The lowest BCUT2D eigenvalue weighted by atomic mass is 10.1. The molecular weight excluding hydrogens is 246 g/mol. The molecule has 0 aliphatic carbocycles. The van der Waals surface area contributed by atoms with Crippen LogP contribution in [0.5, 0.6) is 0 Å². The number of hydrogen-bond donors (Lipinski definition) is 0. The summed E-state index contributed by atoms with van der Waals surface area (Å²) in [6.45, 7) is 0. The van der Waals surface area contributed by atoms with Gasteiger partial charge in [0, 0.05) is 16.2 Å². The van der Waals surface area contributed by atoms with E-state index in [4.69, 9.17) is 0 Å². The van der Waals surface area contributed by atoms with Gasteiger partial charge in [-0.05, 0) is 35.0 Å². The third-order valence-electron chi connectivity index (χ3n) is 2.47. The van der Waals surface area contributed by atoms with E-state index in [2.05, 4.69) is 5.18 Å². The fourth-order valence-electron chi connectivity index (χ4n) is 1.54. The minimum Gasteiger partial charge on any atom is -0.298 e. The molecule has 0 spiro atoms. The summed E-state index contributed by atoms with van der Waals surface area (Å²) >= 11 is 1.67. The second kappa shape index (κ2) is 6.12. The molecule has 4 heteroatoms. The first kappa shape index (κ1) is 12.5. The van der Waals surface area contributed by atoms with Gasteiger partial charge in [-0.1, -0.05) is 24.3 Å². The molecule has 2 aromatic rings. The van der Waals surface area contributed by atoms with Gasteiger partial charge in [-0.3, -0.25) is 4.79 Å². The van der Waals surface area contributed by atoms with E-state index in [1.165, 1.54) is 0 Å². The molecule has 0 aliphatic rings. The van der Waals surface area contributed by atoms with Gasteiger partial charge in [-0.25, -0.2) is 0 Å². The molecule has 0 bridgehead atoms. The molecule has 0 saturated heterocycles. The van der Waals surface area contributed by atoms with Crippen molar-refractivity contribution in [1.82, 2.24) is 0 Å². The van der Waals surface area contributed by atoms with Crippen LogP contribution in [-0.4, -0.2) is 6.29 Å². The van der Waals surface area contributed by atoms with Crippen molar-refractivity contribution in [3.8, 4) is 0 Å². The summed E-state index contributed by atoms with van der Waals surface area (Å²) in [6, 6.07) is 15.1. The highest BCUT2D eigenvalue weighted by Gasteiger charge is 2.04. The van der Waals surface area contributed by atoms with E-state index in [0.29, 0.717) is 11.8 Å². The van der Waals surface area contributed by atoms with Crippen LogP contribution >= 0.6 is 11.8 Å². The van der Waals surface area contributed by atoms with E-state index in [1.54, 1.807) is 23.9 Å². The molecule has 0 N–H and O–H groups in total. The van der Waals surface area contributed by atoms with E-state index >= 15 is 0 Å². The van der Waals surface area contributed by atoms with Gasteiger partial charge in [-0.2, -0.15) is 0 Å². The van der Waals surface area contributed by atoms with Gasteiger partial charge in [-0.15, -0.1) is 16.7 Å². The highest BCUT2D eigenvalue weighted by atomic mass is 32.2. The zero-order valence-corrected chi connectivity index (χ0v) is 10.4. The molecular formula is C14H11NO2S. The first-order valence-corrected chi connectivity index (χ1v) is 6.41. The van der Waals surface area contributed by atoms with Gasteiger partial charge >= 0.3 is 0 Å². The molecule has 3 nitrogen and oxygen atoms in total. The van der Waals surface area contributed by atoms with Crippen LogP contribution in [0.4, 0.5) is 5.69 Å². The fraction of sp³-hybridized carbons (Fsp3) is 0.0714. The van der Waals surface area contributed by atoms with Crippen LogP contribution in [0.1, 0.15) is 15.9 Å². The number of aldehydes is 1. The normalized spacial score (nSPS) is 10.0. The van der Waals surface area contributed by atoms with Crippen molar-refractivity contribution in [3.63, 3.8) is 0 Å². The molecule has 0 heterocycles. The van der Waals surface area contributed by atoms with E-state index < -0.39 is 0 Å². The van der Waals surface area contributed by atoms with Crippen LogP contribution in [0, 0.1) is 4.91 Å². The number of rotatable bonds is 5. The van der Waals surface area contributed by atoms with Crippen LogP contribution in [0.25, 0.3) is 0 Å². The summed E-state index contributed by atoms with van der Waals surface area (Å²) in [5, 5.41) is 2.87. The molecule has 2 rings (SSSR count). The number of carbonyl (C=O) groups excluding carboxylic acids is 1. The average Bonchev–Trinajstić information content (AvgIpc) is 2.45. The molecule has 18 heavy (non-hydrogen) atoms. The van der Waals surface area contributed by atoms with Crippen molar-refractivity contribution < 1.29 is 4.79 Å². The van der Waals surface area contributed by atoms with Crippen molar-refractivity contribution >= 4 is 23.7 Å². The standard InChI is InChI=1S/C14H11NO2S/c16-9-12-7-6-11(8-14(12)15-17)10-18-13-4-2-1-3-5-13/h1-9H,10H2. The van der Waals surface area contributed by atoms with Gasteiger partial charge in [0.2, 0.25) is 0 Å². The second-order valence-electron chi connectivity index (χ2n) is 3.70. The smallest absolute Gasteiger partial charge is 0.152 e. The topological polar surface area (TPSA) is 46.5 Å². The zero-order chi connectivity index (χ0) is 12.8. The largest absolute Gasteiger partial charge is 0.298 e. The fourth-order valence-corrected chi connectivity index (χ4v) is 2.40. The Morgan fingerprint density at radius 1 is 1.11 bits per heavy atom. The van der Waals surface area contributed by atoms with Gasteiger partial charge in [0.15, 0.2) is 6.29 Å². The summed E-state index contributed by atoms with van der Waals surface area (Å²) in [6.07, 6.45) is 0.644. The summed E-state index contributed by atoms with van der Waals surface area (Å²) in [5.74, 6) is 0.742. The van der Waals surface area contributed by atoms with Crippen LogP contribution in [0.3, 0.4) is 0 Å². The van der Waals surface area contributed by atoms with Crippen LogP contribution in [0.15, 0.2) is 58.6 Å². The highest BCUT2D eigenvalue weighted by molar-refractivity contribution is 7.98. The maximum atomic E-state index is 10.7. The summed E-state index contributed by atoms with van der Waals surface area (Å²) in [4.78, 5) is 22.4. The SMILES string of the molecule is O=Cc1ccc(CSc2ccccc2)cc1N=O. The Balaban J connectivity index is 2.10. The Hall–Kier alpha value is -1.94. The number of nitroso groups, excluding NO2 is 1. The minimum atomic E-state index is 0.205. The van der Waals surface area contributed by atoms with Crippen LogP contribution in [0.2, 0.25) is 0 Å². The number of thioether (sulfide) groups is 1. The van der Waals surface area contributed by atoms with Gasteiger partial charge in [0.25, 0.3) is 0 Å². The van der Waals surface area contributed by atoms with Gasteiger partial charge in [0.05, 0.1) is 0 Å². The molecule has 0 atom stereocenters. The summed E-state index contributed by atoms with van der Waals surface area (Å²) in [7, 11) is 0. The predicted octanol–water partition coefficient (Wildman–Crippen LogP) is 4.19. The Morgan fingerprint density at radius 3 is 2.56 bits per heavy atom. The highest BCUT2D eigenvalue weighted by Crippen LogP contribution is 2.26. The molecule has 0 radical (unpaired) electrons. The summed E-state index contributed by atoms with van der Waals surface area (Å²) in [5.41, 5.74) is 1.51. The maximum absolute atomic E-state index is 10.7. The number of nitrogens with zero attached hydrogens (tertiary/aromatic N) is 1. The van der Waals surface area contributed by atoms with E-state index in [-0.39, 0.29) is 5.69 Å². The Bertz CT molecular complexity index is 555. The minimum absolute atomic E-state index is 0.205. The lowest BCUT2D eigenvalue weighted by molar-refractivity contribution is 0.112. The zero-order valence-electron chi connectivity index (χ0n) is 9.58.